The number of hydrogen-bond acceptors (Lipinski definition) is 3. The van der Waals surface area contributed by atoms with Crippen molar-refractivity contribution in [1.29, 1.82) is 0 Å². The van der Waals surface area contributed by atoms with Gasteiger partial charge in [-0.3, -0.25) is 4.90 Å². The minimum Gasteiger partial charge on any atom is -0.392 e. The van der Waals surface area contributed by atoms with Crippen molar-refractivity contribution in [3.63, 3.8) is 0 Å². The van der Waals surface area contributed by atoms with Crippen LogP contribution in [-0.4, -0.2) is 39.0 Å². The number of nitrogens with zero attached hydrogens (tertiary/aromatic N) is 3. The molecular formula is C20H21N3O. The van der Waals surface area contributed by atoms with E-state index in [0.29, 0.717) is 0 Å². The van der Waals surface area contributed by atoms with Gasteiger partial charge in [0.15, 0.2) is 0 Å². The van der Waals surface area contributed by atoms with E-state index in [4.69, 9.17) is 5.10 Å². The van der Waals surface area contributed by atoms with Crippen molar-refractivity contribution in [2.75, 3.05) is 13.1 Å². The zero-order chi connectivity index (χ0) is 16.4. The molecule has 1 N–H and O–H groups in total. The maximum atomic E-state index is 9.78. The fourth-order valence-corrected chi connectivity index (χ4v) is 3.27. The molecule has 0 saturated carbocycles. The van der Waals surface area contributed by atoms with Gasteiger partial charge in [0.05, 0.1) is 17.5 Å². The summed E-state index contributed by atoms with van der Waals surface area (Å²) in [6.45, 7) is 2.49. The van der Waals surface area contributed by atoms with E-state index in [1.807, 2.05) is 41.1 Å². The molecule has 1 atom stereocenters. The SMILES string of the molecule is O[C@H]1CCN(Cc2cn(-c3ccccc3)nc2-c2ccccc2)C1. The lowest BCUT2D eigenvalue weighted by Gasteiger charge is -2.14. The number of para-hydroxylation sites is 1. The van der Waals surface area contributed by atoms with Crippen LogP contribution in [0, 0.1) is 0 Å². The average molecular weight is 319 g/mol. The Hall–Kier alpha value is -2.43. The largest absolute Gasteiger partial charge is 0.392 e. The predicted octanol–water partition coefficient (Wildman–Crippen LogP) is 3.11. The van der Waals surface area contributed by atoms with Crippen LogP contribution in [0.2, 0.25) is 0 Å². The summed E-state index contributed by atoms with van der Waals surface area (Å²) < 4.78 is 1.95. The first-order chi connectivity index (χ1) is 11.8. The third kappa shape index (κ3) is 3.11. The van der Waals surface area contributed by atoms with E-state index in [1.165, 1.54) is 5.56 Å². The summed E-state index contributed by atoms with van der Waals surface area (Å²) >= 11 is 0. The van der Waals surface area contributed by atoms with E-state index < -0.39 is 0 Å². The minimum atomic E-state index is -0.200. The summed E-state index contributed by atoms with van der Waals surface area (Å²) in [7, 11) is 0. The van der Waals surface area contributed by atoms with Crippen LogP contribution in [-0.2, 0) is 6.54 Å². The normalized spacial score (nSPS) is 18.1. The molecule has 24 heavy (non-hydrogen) atoms. The molecule has 1 aliphatic rings. The van der Waals surface area contributed by atoms with E-state index in [0.717, 1.165) is 43.0 Å². The molecule has 1 aromatic heterocycles. The molecule has 0 amide bonds. The number of β-amino-alcohol motifs (C(OH)–C–C–N with tert-alkyl or cyclic N) is 1. The van der Waals surface area contributed by atoms with Crippen LogP contribution < -0.4 is 0 Å². The van der Waals surface area contributed by atoms with Crippen LogP contribution in [0.3, 0.4) is 0 Å². The Kier molecular flexibility index (Phi) is 4.15. The summed E-state index contributed by atoms with van der Waals surface area (Å²) in [5.41, 5.74) is 4.39. The van der Waals surface area contributed by atoms with Crippen molar-refractivity contribution in [3.05, 3.63) is 72.4 Å². The highest BCUT2D eigenvalue weighted by Gasteiger charge is 2.22. The lowest BCUT2D eigenvalue weighted by molar-refractivity contribution is 0.175. The summed E-state index contributed by atoms with van der Waals surface area (Å²) in [6, 6.07) is 20.5. The number of likely N-dealkylation sites (tertiary alicyclic amines) is 1. The Morgan fingerprint density at radius 1 is 1.00 bits per heavy atom. The molecule has 4 nitrogen and oxygen atoms in total. The molecule has 2 heterocycles. The molecule has 122 valence electrons. The topological polar surface area (TPSA) is 41.3 Å². The molecule has 0 radical (unpaired) electrons. The molecule has 4 heteroatoms. The maximum Gasteiger partial charge on any atom is 0.0972 e. The van der Waals surface area contributed by atoms with E-state index in [2.05, 4.69) is 35.4 Å². The molecule has 4 rings (SSSR count). The fourth-order valence-electron chi connectivity index (χ4n) is 3.27. The molecule has 0 aliphatic carbocycles. The van der Waals surface area contributed by atoms with Crippen LogP contribution in [0.4, 0.5) is 0 Å². The van der Waals surface area contributed by atoms with Crippen LogP contribution in [0.25, 0.3) is 16.9 Å². The van der Waals surface area contributed by atoms with Crippen LogP contribution >= 0.6 is 0 Å². The van der Waals surface area contributed by atoms with Gasteiger partial charge in [-0.1, -0.05) is 48.5 Å². The third-order valence-electron chi connectivity index (χ3n) is 4.50. The van der Waals surface area contributed by atoms with Crippen molar-refractivity contribution < 1.29 is 5.11 Å². The minimum absolute atomic E-state index is 0.200. The van der Waals surface area contributed by atoms with E-state index in [-0.39, 0.29) is 6.10 Å². The van der Waals surface area contributed by atoms with Crippen molar-refractivity contribution in [3.8, 4) is 16.9 Å². The Morgan fingerprint density at radius 2 is 1.71 bits per heavy atom. The van der Waals surface area contributed by atoms with E-state index in [9.17, 15) is 5.11 Å². The number of aliphatic hydroxyl groups is 1. The first-order valence-electron chi connectivity index (χ1n) is 8.39. The Labute approximate surface area is 142 Å². The average Bonchev–Trinajstić information content (AvgIpc) is 3.23. The second-order valence-corrected chi connectivity index (χ2v) is 6.33. The third-order valence-corrected chi connectivity index (χ3v) is 4.50. The maximum absolute atomic E-state index is 9.78. The second-order valence-electron chi connectivity index (χ2n) is 6.33. The van der Waals surface area contributed by atoms with Crippen molar-refractivity contribution >= 4 is 0 Å². The standard InChI is InChI=1S/C20H21N3O/c24-19-11-12-22(15-19)13-17-14-23(18-9-5-2-6-10-18)21-20(17)16-7-3-1-4-8-16/h1-10,14,19,24H,11-13,15H2/t19-/m0/s1. The number of aromatic nitrogens is 2. The zero-order valence-corrected chi connectivity index (χ0v) is 13.5. The van der Waals surface area contributed by atoms with Crippen LogP contribution in [0.1, 0.15) is 12.0 Å². The predicted molar refractivity (Wildman–Crippen MR) is 94.9 cm³/mol. The first-order valence-corrected chi connectivity index (χ1v) is 8.39. The number of hydrogen-bond donors (Lipinski definition) is 1. The highest BCUT2D eigenvalue weighted by molar-refractivity contribution is 5.63. The van der Waals surface area contributed by atoms with Crippen LogP contribution in [0.5, 0.6) is 0 Å². The summed E-state index contributed by atoms with van der Waals surface area (Å²) in [5.74, 6) is 0. The van der Waals surface area contributed by atoms with Gasteiger partial charge in [0.1, 0.15) is 0 Å². The molecule has 0 bridgehead atoms. The van der Waals surface area contributed by atoms with Gasteiger partial charge in [0, 0.05) is 37.0 Å². The molecular weight excluding hydrogens is 298 g/mol. The first kappa shape index (κ1) is 15.1. The summed E-state index contributed by atoms with van der Waals surface area (Å²) in [4.78, 5) is 2.30. The Bertz CT molecular complexity index is 798. The van der Waals surface area contributed by atoms with Crippen molar-refractivity contribution in [1.82, 2.24) is 14.7 Å². The summed E-state index contributed by atoms with van der Waals surface area (Å²) in [5, 5.41) is 14.6. The molecule has 1 fully saturated rings. The number of aliphatic hydroxyl groups excluding tert-OH is 1. The molecule has 3 aromatic rings. The van der Waals surface area contributed by atoms with Gasteiger partial charge in [0.2, 0.25) is 0 Å². The molecule has 0 spiro atoms. The van der Waals surface area contributed by atoms with Crippen molar-refractivity contribution in [2.24, 2.45) is 0 Å². The van der Waals surface area contributed by atoms with Gasteiger partial charge in [-0.05, 0) is 18.6 Å². The van der Waals surface area contributed by atoms with Gasteiger partial charge in [-0.25, -0.2) is 4.68 Å². The molecule has 0 unspecified atom stereocenters. The Balaban J connectivity index is 1.71. The smallest absolute Gasteiger partial charge is 0.0972 e. The van der Waals surface area contributed by atoms with Crippen molar-refractivity contribution in [2.45, 2.75) is 19.1 Å². The van der Waals surface area contributed by atoms with Crippen LogP contribution in [0.15, 0.2) is 66.9 Å². The highest BCUT2D eigenvalue weighted by Crippen LogP contribution is 2.26. The van der Waals surface area contributed by atoms with Gasteiger partial charge in [0.25, 0.3) is 0 Å². The summed E-state index contributed by atoms with van der Waals surface area (Å²) in [6.07, 6.45) is 2.77. The number of benzene rings is 2. The number of rotatable bonds is 4. The van der Waals surface area contributed by atoms with Gasteiger partial charge >= 0.3 is 0 Å². The molecule has 2 aromatic carbocycles. The van der Waals surface area contributed by atoms with Gasteiger partial charge in [-0.2, -0.15) is 5.10 Å². The molecule has 1 aliphatic heterocycles. The zero-order valence-electron chi connectivity index (χ0n) is 13.5. The second kappa shape index (κ2) is 6.59. The Morgan fingerprint density at radius 3 is 2.38 bits per heavy atom. The lowest BCUT2D eigenvalue weighted by atomic mass is 10.1. The van der Waals surface area contributed by atoms with E-state index >= 15 is 0 Å². The lowest BCUT2D eigenvalue weighted by Crippen LogP contribution is -2.21. The highest BCUT2D eigenvalue weighted by atomic mass is 16.3. The van der Waals surface area contributed by atoms with E-state index in [1.54, 1.807) is 0 Å². The quantitative estimate of drug-likeness (QED) is 0.803. The van der Waals surface area contributed by atoms with Gasteiger partial charge < -0.3 is 5.11 Å². The van der Waals surface area contributed by atoms with Gasteiger partial charge in [-0.15, -0.1) is 0 Å². The monoisotopic (exact) mass is 319 g/mol. The molecule has 1 saturated heterocycles. The fraction of sp³-hybridized carbons (Fsp3) is 0.250.